The predicted molar refractivity (Wildman–Crippen MR) is 91.7 cm³/mol. The van der Waals surface area contributed by atoms with Crippen molar-refractivity contribution in [2.75, 3.05) is 26.8 Å². The van der Waals surface area contributed by atoms with E-state index in [1.807, 2.05) is 0 Å². The number of hydrogen-bond donors (Lipinski definition) is 3. The Morgan fingerprint density at radius 3 is 2.60 bits per heavy atom. The molecule has 9 heteroatoms. The van der Waals surface area contributed by atoms with Crippen molar-refractivity contribution < 1.29 is 22.7 Å². The van der Waals surface area contributed by atoms with Crippen molar-refractivity contribution in [3.05, 3.63) is 29.3 Å². The molecule has 2 amide bonds. The van der Waals surface area contributed by atoms with Crippen molar-refractivity contribution >= 4 is 21.8 Å². The van der Waals surface area contributed by atoms with Crippen LogP contribution in [0.5, 0.6) is 0 Å². The summed E-state index contributed by atoms with van der Waals surface area (Å²) < 4.78 is 31.9. The fourth-order valence-corrected chi connectivity index (χ4v) is 3.44. The standard InChI is InChI=1S/C16H23N3O5S/c1-11-3-6-13(25(22,23)19-12-4-5-12)9-14(11)16(21)18-10-15(20)17-7-8-24-2/h3,6,9,12,19H,4-5,7-8,10H2,1-2H3,(H,17,20)(H,18,21). The number of methoxy groups -OCH3 is 1. The van der Waals surface area contributed by atoms with Crippen LogP contribution in [-0.4, -0.2) is 53.1 Å². The lowest BCUT2D eigenvalue weighted by atomic mass is 10.1. The van der Waals surface area contributed by atoms with Gasteiger partial charge >= 0.3 is 0 Å². The van der Waals surface area contributed by atoms with Gasteiger partial charge in [-0.1, -0.05) is 6.07 Å². The van der Waals surface area contributed by atoms with E-state index in [9.17, 15) is 18.0 Å². The van der Waals surface area contributed by atoms with E-state index in [1.165, 1.54) is 19.2 Å². The van der Waals surface area contributed by atoms with Crippen LogP contribution in [0.4, 0.5) is 0 Å². The van der Waals surface area contributed by atoms with Crippen LogP contribution in [0.3, 0.4) is 0 Å². The van der Waals surface area contributed by atoms with E-state index in [0.29, 0.717) is 18.7 Å². The van der Waals surface area contributed by atoms with Gasteiger partial charge in [0.05, 0.1) is 18.0 Å². The van der Waals surface area contributed by atoms with Gasteiger partial charge in [0.15, 0.2) is 0 Å². The maximum Gasteiger partial charge on any atom is 0.252 e. The van der Waals surface area contributed by atoms with Crippen LogP contribution in [0.25, 0.3) is 0 Å². The summed E-state index contributed by atoms with van der Waals surface area (Å²) in [7, 11) is -2.12. The summed E-state index contributed by atoms with van der Waals surface area (Å²) in [5.74, 6) is -0.843. The summed E-state index contributed by atoms with van der Waals surface area (Å²) in [6.07, 6.45) is 1.66. The predicted octanol–water partition coefficient (Wildman–Crippen LogP) is -0.0719. The Morgan fingerprint density at radius 2 is 1.96 bits per heavy atom. The largest absolute Gasteiger partial charge is 0.383 e. The molecule has 0 aliphatic heterocycles. The van der Waals surface area contributed by atoms with Crippen molar-refractivity contribution in [1.82, 2.24) is 15.4 Å². The zero-order valence-corrected chi connectivity index (χ0v) is 15.1. The maximum absolute atomic E-state index is 12.3. The summed E-state index contributed by atoms with van der Waals surface area (Å²) >= 11 is 0. The Hall–Kier alpha value is -1.97. The third-order valence-electron chi connectivity index (χ3n) is 3.70. The van der Waals surface area contributed by atoms with Gasteiger partial charge in [0.25, 0.3) is 5.91 Å². The molecule has 0 unspecified atom stereocenters. The molecule has 138 valence electrons. The monoisotopic (exact) mass is 369 g/mol. The number of rotatable bonds is 9. The first-order valence-corrected chi connectivity index (χ1v) is 9.48. The minimum absolute atomic E-state index is 0.0145. The Bertz CT molecular complexity index is 744. The van der Waals surface area contributed by atoms with Crippen LogP contribution >= 0.6 is 0 Å². The molecule has 1 aliphatic rings. The molecule has 0 saturated heterocycles. The SMILES string of the molecule is COCCNC(=O)CNC(=O)c1cc(S(=O)(=O)NC2CC2)ccc1C. The summed E-state index contributed by atoms with van der Waals surface area (Å²) in [6, 6.07) is 4.36. The molecular formula is C16H23N3O5S. The van der Waals surface area contributed by atoms with Crippen LogP contribution in [0.2, 0.25) is 0 Å². The number of carbonyl (C=O) groups is 2. The minimum atomic E-state index is -3.64. The molecule has 1 saturated carbocycles. The molecule has 2 rings (SSSR count). The van der Waals surface area contributed by atoms with Crippen molar-refractivity contribution in [1.29, 1.82) is 0 Å². The van der Waals surface area contributed by atoms with Crippen LogP contribution < -0.4 is 15.4 Å². The number of nitrogens with one attached hydrogen (secondary N) is 3. The number of sulfonamides is 1. The average Bonchev–Trinajstić information content (AvgIpc) is 3.36. The van der Waals surface area contributed by atoms with Gasteiger partial charge < -0.3 is 15.4 Å². The maximum atomic E-state index is 12.3. The first-order valence-electron chi connectivity index (χ1n) is 8.00. The van der Waals surface area contributed by atoms with Crippen LogP contribution in [0.1, 0.15) is 28.8 Å². The molecule has 1 aromatic rings. The second-order valence-electron chi connectivity index (χ2n) is 5.90. The summed E-state index contributed by atoms with van der Waals surface area (Å²) in [5, 5.41) is 5.08. The number of carbonyl (C=O) groups excluding carboxylic acids is 2. The number of hydrogen-bond acceptors (Lipinski definition) is 5. The van der Waals surface area contributed by atoms with Crippen LogP contribution in [-0.2, 0) is 19.6 Å². The van der Waals surface area contributed by atoms with Gasteiger partial charge in [-0.3, -0.25) is 9.59 Å². The number of benzene rings is 1. The normalized spacial score (nSPS) is 14.2. The average molecular weight is 369 g/mol. The van der Waals surface area contributed by atoms with E-state index in [0.717, 1.165) is 12.8 Å². The Morgan fingerprint density at radius 1 is 1.24 bits per heavy atom. The second kappa shape index (κ2) is 8.41. The molecule has 1 fully saturated rings. The highest BCUT2D eigenvalue weighted by Gasteiger charge is 2.28. The molecule has 1 aliphatic carbocycles. The van der Waals surface area contributed by atoms with Gasteiger partial charge in [-0.25, -0.2) is 13.1 Å². The van der Waals surface area contributed by atoms with E-state index in [-0.39, 0.29) is 29.0 Å². The van der Waals surface area contributed by atoms with E-state index >= 15 is 0 Å². The molecule has 3 N–H and O–H groups in total. The summed E-state index contributed by atoms with van der Waals surface area (Å²) in [5.41, 5.74) is 0.853. The van der Waals surface area contributed by atoms with Gasteiger partial charge in [0, 0.05) is 25.3 Å². The van der Waals surface area contributed by atoms with E-state index in [1.54, 1.807) is 13.0 Å². The molecule has 0 spiro atoms. The molecule has 25 heavy (non-hydrogen) atoms. The number of aryl methyl sites for hydroxylation is 1. The smallest absolute Gasteiger partial charge is 0.252 e. The lowest BCUT2D eigenvalue weighted by Gasteiger charge is -2.11. The summed E-state index contributed by atoms with van der Waals surface area (Å²) in [4.78, 5) is 23.9. The molecule has 0 aromatic heterocycles. The molecule has 0 atom stereocenters. The van der Waals surface area contributed by atoms with Gasteiger partial charge in [-0.05, 0) is 37.5 Å². The van der Waals surface area contributed by atoms with Gasteiger partial charge in [0.2, 0.25) is 15.9 Å². The summed E-state index contributed by atoms with van der Waals surface area (Å²) in [6.45, 7) is 2.25. The lowest BCUT2D eigenvalue weighted by molar-refractivity contribution is -0.120. The fraction of sp³-hybridized carbons (Fsp3) is 0.500. The lowest BCUT2D eigenvalue weighted by Crippen LogP contribution is -2.38. The van der Waals surface area contributed by atoms with Gasteiger partial charge in [0.1, 0.15) is 0 Å². The Kier molecular flexibility index (Phi) is 6.51. The molecule has 0 radical (unpaired) electrons. The first kappa shape index (κ1) is 19.4. The zero-order valence-electron chi connectivity index (χ0n) is 14.3. The zero-order chi connectivity index (χ0) is 18.4. The van der Waals surface area contributed by atoms with Crippen molar-refractivity contribution in [2.24, 2.45) is 0 Å². The highest BCUT2D eigenvalue weighted by molar-refractivity contribution is 7.89. The minimum Gasteiger partial charge on any atom is -0.383 e. The highest BCUT2D eigenvalue weighted by Crippen LogP contribution is 2.23. The highest BCUT2D eigenvalue weighted by atomic mass is 32.2. The third kappa shape index (κ3) is 5.80. The number of ether oxygens (including phenoxy) is 1. The van der Waals surface area contributed by atoms with Crippen molar-refractivity contribution in [3.63, 3.8) is 0 Å². The van der Waals surface area contributed by atoms with Crippen molar-refractivity contribution in [2.45, 2.75) is 30.7 Å². The molecule has 8 nitrogen and oxygen atoms in total. The topological polar surface area (TPSA) is 114 Å². The van der Waals surface area contributed by atoms with Gasteiger partial charge in [-0.2, -0.15) is 0 Å². The quantitative estimate of drug-likeness (QED) is 0.527. The third-order valence-corrected chi connectivity index (χ3v) is 5.22. The van der Waals surface area contributed by atoms with E-state index in [4.69, 9.17) is 4.74 Å². The first-order chi connectivity index (χ1) is 11.8. The van der Waals surface area contributed by atoms with E-state index in [2.05, 4.69) is 15.4 Å². The Labute approximate surface area is 147 Å². The fourth-order valence-electron chi connectivity index (χ4n) is 2.11. The molecule has 0 heterocycles. The van der Waals surface area contributed by atoms with Crippen molar-refractivity contribution in [3.8, 4) is 0 Å². The molecule has 1 aromatic carbocycles. The number of amides is 2. The van der Waals surface area contributed by atoms with Crippen LogP contribution in [0.15, 0.2) is 23.1 Å². The molecule has 0 bridgehead atoms. The van der Waals surface area contributed by atoms with Gasteiger partial charge in [-0.15, -0.1) is 0 Å². The van der Waals surface area contributed by atoms with E-state index < -0.39 is 15.9 Å². The Balaban J connectivity index is 2.01. The van der Waals surface area contributed by atoms with Crippen LogP contribution in [0, 0.1) is 6.92 Å². The second-order valence-corrected chi connectivity index (χ2v) is 7.61. The molecular weight excluding hydrogens is 346 g/mol.